The Labute approximate surface area is 180 Å². The average molecular weight is 446 g/mol. The maximum absolute atomic E-state index is 14.6. The van der Waals surface area contributed by atoms with E-state index in [9.17, 15) is 18.3 Å². The van der Waals surface area contributed by atoms with Gasteiger partial charge in [-0.3, -0.25) is 14.5 Å². The van der Waals surface area contributed by atoms with Gasteiger partial charge in [0.1, 0.15) is 29.0 Å². The first kappa shape index (κ1) is 20.5. The normalized spacial score (nSPS) is 17.1. The predicted octanol–water partition coefficient (Wildman–Crippen LogP) is 2.59. The second kappa shape index (κ2) is 7.93. The monoisotopic (exact) mass is 446 g/mol. The van der Waals surface area contributed by atoms with E-state index >= 15 is 0 Å². The van der Waals surface area contributed by atoms with Crippen LogP contribution in [0.1, 0.15) is 12.8 Å². The summed E-state index contributed by atoms with van der Waals surface area (Å²) < 4.78 is 44.0. The highest BCUT2D eigenvalue weighted by Gasteiger charge is 2.27. The van der Waals surface area contributed by atoms with Gasteiger partial charge < -0.3 is 10.0 Å². The molecule has 1 saturated heterocycles. The summed E-state index contributed by atoms with van der Waals surface area (Å²) in [5.74, 6) is -0.549. The summed E-state index contributed by atoms with van der Waals surface area (Å²) in [6.07, 6.45) is 0.825. The van der Waals surface area contributed by atoms with Crippen LogP contribution >= 0.6 is 0 Å². The number of hydrogen-bond donors (Lipinski definition) is 2. The molecule has 0 aliphatic carbocycles. The third kappa shape index (κ3) is 3.49. The largest absolute Gasteiger partial charge is 0.391 e. The van der Waals surface area contributed by atoms with Crippen LogP contribution in [0.3, 0.4) is 0 Å². The summed E-state index contributed by atoms with van der Waals surface area (Å²) in [6, 6.07) is 3.32. The number of H-pyrrole nitrogens is 1. The van der Waals surface area contributed by atoms with Gasteiger partial charge in [-0.05, 0) is 25.0 Å². The van der Waals surface area contributed by atoms with E-state index in [1.807, 2.05) is 4.90 Å². The Morgan fingerprint density at radius 3 is 2.84 bits per heavy atom. The van der Waals surface area contributed by atoms with E-state index in [1.54, 1.807) is 19.2 Å². The van der Waals surface area contributed by atoms with Crippen LogP contribution in [0.5, 0.6) is 0 Å². The molecular formula is C20H21F3N8O. The minimum atomic E-state index is -2.64. The molecule has 0 amide bonds. The highest BCUT2D eigenvalue weighted by atomic mass is 19.3. The number of aromatic nitrogens is 7. The van der Waals surface area contributed by atoms with Crippen molar-refractivity contribution in [1.29, 1.82) is 0 Å². The number of piperidine rings is 1. The van der Waals surface area contributed by atoms with Gasteiger partial charge in [0.25, 0.3) is 6.43 Å². The fraction of sp³-hybridized carbons (Fsp3) is 0.400. The Morgan fingerprint density at radius 1 is 1.34 bits per heavy atom. The van der Waals surface area contributed by atoms with Crippen LogP contribution < -0.4 is 4.90 Å². The number of halogens is 3. The van der Waals surface area contributed by atoms with Crippen LogP contribution in [-0.4, -0.2) is 65.5 Å². The number of aliphatic hydroxyl groups is 1. The van der Waals surface area contributed by atoms with Crippen LogP contribution in [0, 0.1) is 5.82 Å². The molecule has 4 aromatic rings. The number of pyridine rings is 1. The van der Waals surface area contributed by atoms with Crippen LogP contribution in [0.2, 0.25) is 0 Å². The Hall–Kier alpha value is -3.41. The van der Waals surface area contributed by atoms with Crippen molar-refractivity contribution in [2.24, 2.45) is 7.05 Å². The molecule has 5 heterocycles. The summed E-state index contributed by atoms with van der Waals surface area (Å²) in [5, 5.41) is 25.3. The number of anilines is 1. The van der Waals surface area contributed by atoms with Crippen molar-refractivity contribution >= 4 is 16.7 Å². The van der Waals surface area contributed by atoms with Crippen LogP contribution in [0.4, 0.5) is 18.9 Å². The van der Waals surface area contributed by atoms with Gasteiger partial charge in [-0.1, -0.05) is 0 Å². The van der Waals surface area contributed by atoms with Gasteiger partial charge in [0.2, 0.25) is 0 Å². The number of aliphatic hydroxyl groups excluding tert-OH is 1. The summed E-state index contributed by atoms with van der Waals surface area (Å²) in [4.78, 5) is 6.54. The zero-order chi connectivity index (χ0) is 22.4. The molecule has 1 unspecified atom stereocenters. The molecule has 4 aromatic heterocycles. The van der Waals surface area contributed by atoms with Crippen LogP contribution in [-0.2, 0) is 13.6 Å². The Balaban J connectivity index is 1.81. The molecule has 0 saturated carbocycles. The van der Waals surface area contributed by atoms with E-state index in [-0.39, 0.29) is 5.69 Å². The zero-order valence-corrected chi connectivity index (χ0v) is 17.2. The fourth-order valence-corrected chi connectivity index (χ4v) is 4.23. The predicted molar refractivity (Wildman–Crippen MR) is 111 cm³/mol. The SMILES string of the molecule is Cn1ncc(F)c1-c1cc(N2CCCC(O)C2)c2c(n1)c(-c1ccn[nH]1)nn2CC(F)F. The summed E-state index contributed by atoms with van der Waals surface area (Å²) >= 11 is 0. The minimum Gasteiger partial charge on any atom is -0.391 e. The second-order valence-electron chi connectivity index (χ2n) is 7.82. The van der Waals surface area contributed by atoms with Gasteiger partial charge in [-0.2, -0.15) is 15.3 Å². The van der Waals surface area contributed by atoms with Crippen molar-refractivity contribution in [1.82, 2.24) is 34.7 Å². The first-order chi connectivity index (χ1) is 15.4. The molecule has 0 radical (unpaired) electrons. The number of β-amino-alcohol motifs (C(OH)–C–C–N with tert-alkyl or cyclic N) is 1. The van der Waals surface area contributed by atoms with Gasteiger partial charge in [-0.25, -0.2) is 18.2 Å². The molecule has 1 fully saturated rings. The molecule has 0 aromatic carbocycles. The topological polar surface area (TPSA) is 101 Å². The lowest BCUT2D eigenvalue weighted by Gasteiger charge is -2.32. The maximum Gasteiger partial charge on any atom is 0.257 e. The lowest BCUT2D eigenvalue weighted by atomic mass is 10.1. The van der Waals surface area contributed by atoms with Crippen LogP contribution in [0.25, 0.3) is 33.8 Å². The Bertz CT molecular complexity index is 1230. The molecular weight excluding hydrogens is 425 g/mol. The lowest BCUT2D eigenvalue weighted by Crippen LogP contribution is -2.38. The summed E-state index contributed by atoms with van der Waals surface area (Å²) in [7, 11) is 1.60. The summed E-state index contributed by atoms with van der Waals surface area (Å²) in [5.41, 5.74) is 2.59. The summed E-state index contributed by atoms with van der Waals surface area (Å²) in [6.45, 7) is 0.309. The van der Waals surface area contributed by atoms with Crippen molar-refractivity contribution in [3.63, 3.8) is 0 Å². The third-order valence-electron chi connectivity index (χ3n) is 5.62. The van der Waals surface area contributed by atoms with Crippen molar-refractivity contribution in [3.8, 4) is 22.8 Å². The number of alkyl halides is 2. The Kier molecular flexibility index (Phi) is 5.08. The molecule has 1 aliphatic rings. The van der Waals surface area contributed by atoms with E-state index < -0.39 is 24.9 Å². The molecule has 0 spiro atoms. The molecule has 9 nitrogen and oxygen atoms in total. The van der Waals surface area contributed by atoms with Crippen molar-refractivity contribution < 1.29 is 18.3 Å². The third-order valence-corrected chi connectivity index (χ3v) is 5.62. The number of fused-ring (bicyclic) bond motifs is 1. The smallest absolute Gasteiger partial charge is 0.257 e. The quantitative estimate of drug-likeness (QED) is 0.489. The number of nitrogens with zero attached hydrogens (tertiary/aromatic N) is 7. The van der Waals surface area contributed by atoms with E-state index in [2.05, 4.69) is 25.4 Å². The van der Waals surface area contributed by atoms with Gasteiger partial charge in [0.05, 0.1) is 29.4 Å². The van der Waals surface area contributed by atoms with Crippen molar-refractivity contribution in [2.75, 3.05) is 18.0 Å². The average Bonchev–Trinajstić information content (AvgIpc) is 3.47. The van der Waals surface area contributed by atoms with Gasteiger partial charge in [0.15, 0.2) is 5.82 Å². The molecule has 1 atom stereocenters. The number of hydrogen-bond acceptors (Lipinski definition) is 6. The highest BCUT2D eigenvalue weighted by molar-refractivity contribution is 5.99. The molecule has 0 bridgehead atoms. The van der Waals surface area contributed by atoms with E-state index in [0.29, 0.717) is 53.3 Å². The first-order valence-corrected chi connectivity index (χ1v) is 10.2. The first-order valence-electron chi connectivity index (χ1n) is 10.2. The van der Waals surface area contributed by atoms with Crippen molar-refractivity contribution in [3.05, 3.63) is 30.3 Å². The maximum atomic E-state index is 14.6. The molecule has 5 rings (SSSR count). The standard InChI is InChI=1S/C20H21F3N8O/c1-29-19(12(21)8-25-29)14-7-15(30-6-2-3-11(32)9-30)20-18(26-14)17(13-4-5-24-27-13)28-31(20)10-16(22)23/h4-5,7-8,11,16,32H,2-3,6,9-10H2,1H3,(H,24,27). The molecule has 12 heteroatoms. The van der Waals surface area contributed by atoms with E-state index in [0.717, 1.165) is 12.6 Å². The van der Waals surface area contributed by atoms with Gasteiger partial charge in [-0.15, -0.1) is 0 Å². The lowest BCUT2D eigenvalue weighted by molar-refractivity contribution is 0.123. The Morgan fingerprint density at radius 2 is 2.19 bits per heavy atom. The van der Waals surface area contributed by atoms with Crippen LogP contribution in [0.15, 0.2) is 24.5 Å². The molecule has 2 N–H and O–H groups in total. The van der Waals surface area contributed by atoms with E-state index in [1.165, 1.54) is 15.6 Å². The number of aryl methyl sites for hydroxylation is 1. The fourth-order valence-electron chi connectivity index (χ4n) is 4.23. The highest BCUT2D eigenvalue weighted by Crippen LogP contribution is 2.37. The van der Waals surface area contributed by atoms with Crippen molar-refractivity contribution in [2.45, 2.75) is 31.9 Å². The van der Waals surface area contributed by atoms with E-state index in [4.69, 9.17) is 0 Å². The minimum absolute atomic E-state index is 0.169. The molecule has 168 valence electrons. The van der Waals surface area contributed by atoms with Gasteiger partial charge in [0, 0.05) is 26.3 Å². The second-order valence-corrected chi connectivity index (χ2v) is 7.82. The number of nitrogens with one attached hydrogen (secondary N) is 1. The van der Waals surface area contributed by atoms with Gasteiger partial charge >= 0.3 is 0 Å². The number of aromatic amines is 1. The zero-order valence-electron chi connectivity index (χ0n) is 17.2. The molecule has 1 aliphatic heterocycles. The molecule has 32 heavy (non-hydrogen) atoms. The number of rotatable bonds is 5.